The van der Waals surface area contributed by atoms with E-state index in [1.165, 1.54) is 6.21 Å². The van der Waals surface area contributed by atoms with Crippen molar-refractivity contribution in [3.8, 4) is 5.75 Å². The van der Waals surface area contributed by atoms with Crippen LogP contribution in [0, 0.1) is 6.92 Å². The first-order valence-corrected chi connectivity index (χ1v) is 8.87. The molecular formula is C22H17ClN2O3. The first-order chi connectivity index (χ1) is 13.5. The molecule has 3 rings (SSSR count). The third-order valence-corrected chi connectivity index (χ3v) is 4.21. The van der Waals surface area contributed by atoms with E-state index in [0.717, 1.165) is 11.1 Å². The minimum atomic E-state index is -0.530. The van der Waals surface area contributed by atoms with Gasteiger partial charge in [-0.05, 0) is 61.0 Å². The van der Waals surface area contributed by atoms with Gasteiger partial charge in [0.2, 0.25) is 0 Å². The van der Waals surface area contributed by atoms with E-state index in [1.807, 2.05) is 19.1 Å². The van der Waals surface area contributed by atoms with Crippen LogP contribution in [0.5, 0.6) is 5.75 Å². The van der Waals surface area contributed by atoms with Crippen molar-refractivity contribution in [1.82, 2.24) is 5.43 Å². The van der Waals surface area contributed by atoms with E-state index in [9.17, 15) is 9.59 Å². The summed E-state index contributed by atoms with van der Waals surface area (Å²) in [7, 11) is 0. The van der Waals surface area contributed by atoms with Crippen LogP contribution in [0.4, 0.5) is 0 Å². The number of aryl methyl sites for hydroxylation is 1. The number of ether oxygens (including phenoxy) is 1. The number of nitrogens with zero attached hydrogens (tertiary/aromatic N) is 1. The molecule has 0 aliphatic carbocycles. The third-order valence-electron chi connectivity index (χ3n) is 3.88. The molecule has 0 saturated carbocycles. The first-order valence-electron chi connectivity index (χ1n) is 8.50. The Labute approximate surface area is 167 Å². The fourth-order valence-electron chi connectivity index (χ4n) is 2.35. The van der Waals surface area contributed by atoms with Crippen LogP contribution in [0.2, 0.25) is 5.02 Å². The van der Waals surface area contributed by atoms with E-state index in [1.54, 1.807) is 60.7 Å². The minimum absolute atomic E-state index is 0.290. The van der Waals surface area contributed by atoms with E-state index < -0.39 is 5.97 Å². The number of hydrazone groups is 1. The molecule has 140 valence electrons. The Kier molecular flexibility index (Phi) is 6.19. The highest BCUT2D eigenvalue weighted by Crippen LogP contribution is 2.18. The Morgan fingerprint density at radius 3 is 2.32 bits per heavy atom. The molecule has 5 nitrogen and oxygen atoms in total. The van der Waals surface area contributed by atoms with Crippen molar-refractivity contribution in [3.05, 3.63) is 100 Å². The van der Waals surface area contributed by atoms with E-state index >= 15 is 0 Å². The lowest BCUT2D eigenvalue weighted by atomic mass is 10.1. The number of esters is 1. The molecular weight excluding hydrogens is 376 g/mol. The zero-order valence-corrected chi connectivity index (χ0v) is 15.8. The summed E-state index contributed by atoms with van der Waals surface area (Å²) in [6.45, 7) is 1.95. The Bertz CT molecular complexity index is 1010. The maximum Gasteiger partial charge on any atom is 0.345 e. The van der Waals surface area contributed by atoms with Crippen LogP contribution in [0.3, 0.4) is 0 Å². The molecule has 28 heavy (non-hydrogen) atoms. The van der Waals surface area contributed by atoms with Crippen molar-refractivity contribution in [2.45, 2.75) is 6.92 Å². The highest BCUT2D eigenvalue weighted by atomic mass is 35.5. The molecule has 0 aliphatic rings. The Hall–Kier alpha value is -3.44. The summed E-state index contributed by atoms with van der Waals surface area (Å²) in [6, 6.07) is 20.6. The highest BCUT2D eigenvalue weighted by molar-refractivity contribution is 6.33. The molecule has 3 aromatic rings. The van der Waals surface area contributed by atoms with Crippen LogP contribution in [-0.2, 0) is 0 Å². The molecule has 0 aromatic heterocycles. The molecule has 0 saturated heterocycles. The monoisotopic (exact) mass is 392 g/mol. The van der Waals surface area contributed by atoms with Gasteiger partial charge >= 0.3 is 5.97 Å². The van der Waals surface area contributed by atoms with Crippen LogP contribution in [0.15, 0.2) is 77.9 Å². The standard InChI is InChI=1S/C22H17ClN2O3/c1-15-6-10-17(11-7-15)21(26)25-24-14-16-8-12-18(13-9-16)28-22(27)19-4-2-3-5-20(19)23/h2-14H,1H3,(H,25,26)/b24-14-. The summed E-state index contributed by atoms with van der Waals surface area (Å²) < 4.78 is 5.31. The normalized spacial score (nSPS) is 10.6. The lowest BCUT2D eigenvalue weighted by Crippen LogP contribution is -2.17. The van der Waals surface area contributed by atoms with Gasteiger partial charge in [-0.2, -0.15) is 5.10 Å². The second kappa shape index (κ2) is 8.97. The van der Waals surface area contributed by atoms with Crippen molar-refractivity contribution < 1.29 is 14.3 Å². The topological polar surface area (TPSA) is 67.8 Å². The second-order valence-electron chi connectivity index (χ2n) is 6.00. The van der Waals surface area contributed by atoms with Crippen molar-refractivity contribution in [2.75, 3.05) is 0 Å². The average molecular weight is 393 g/mol. The van der Waals surface area contributed by atoms with E-state index in [4.69, 9.17) is 16.3 Å². The largest absolute Gasteiger partial charge is 0.423 e. The number of nitrogens with one attached hydrogen (secondary N) is 1. The number of amides is 1. The van der Waals surface area contributed by atoms with Crippen LogP contribution in [0.25, 0.3) is 0 Å². The van der Waals surface area contributed by atoms with Crippen LogP contribution in [-0.4, -0.2) is 18.1 Å². The van der Waals surface area contributed by atoms with Gasteiger partial charge in [0.15, 0.2) is 0 Å². The highest BCUT2D eigenvalue weighted by Gasteiger charge is 2.11. The van der Waals surface area contributed by atoms with Gasteiger partial charge in [-0.1, -0.05) is 41.4 Å². The average Bonchev–Trinajstić information content (AvgIpc) is 2.70. The van der Waals surface area contributed by atoms with Crippen molar-refractivity contribution in [2.24, 2.45) is 5.10 Å². The number of halogens is 1. The molecule has 6 heteroatoms. The summed E-state index contributed by atoms with van der Waals surface area (Å²) in [5.41, 5.74) is 5.12. The quantitative estimate of drug-likeness (QED) is 0.298. The summed E-state index contributed by atoms with van der Waals surface area (Å²) in [6.07, 6.45) is 1.51. The van der Waals surface area contributed by atoms with Gasteiger partial charge in [-0.25, -0.2) is 10.2 Å². The summed E-state index contributed by atoms with van der Waals surface area (Å²) >= 11 is 5.99. The molecule has 0 radical (unpaired) electrons. The van der Waals surface area contributed by atoms with E-state index in [2.05, 4.69) is 10.5 Å². The SMILES string of the molecule is Cc1ccc(C(=O)N/N=C\c2ccc(OC(=O)c3ccccc3Cl)cc2)cc1. The van der Waals surface area contributed by atoms with E-state index in [0.29, 0.717) is 21.9 Å². The number of benzene rings is 3. The molecule has 0 fully saturated rings. The fraction of sp³-hybridized carbons (Fsp3) is 0.0455. The molecule has 0 aliphatic heterocycles. The molecule has 0 bridgehead atoms. The van der Waals surface area contributed by atoms with E-state index in [-0.39, 0.29) is 5.91 Å². The van der Waals surface area contributed by atoms with Gasteiger partial charge in [0, 0.05) is 5.56 Å². The number of hydrogen-bond donors (Lipinski definition) is 1. The Morgan fingerprint density at radius 1 is 0.964 bits per heavy atom. The second-order valence-corrected chi connectivity index (χ2v) is 6.41. The zero-order valence-electron chi connectivity index (χ0n) is 15.1. The van der Waals surface area contributed by atoms with Gasteiger partial charge in [0.25, 0.3) is 5.91 Å². The number of carbonyl (C=O) groups excluding carboxylic acids is 2. The van der Waals surface area contributed by atoms with Gasteiger partial charge < -0.3 is 4.74 Å². The molecule has 0 unspecified atom stereocenters. The summed E-state index contributed by atoms with van der Waals surface area (Å²) in [4.78, 5) is 24.1. The predicted octanol–water partition coefficient (Wildman–Crippen LogP) is 4.63. The smallest absolute Gasteiger partial charge is 0.345 e. The number of rotatable bonds is 5. The predicted molar refractivity (Wildman–Crippen MR) is 109 cm³/mol. The van der Waals surface area contributed by atoms with Crippen LogP contribution in [0.1, 0.15) is 31.8 Å². The Morgan fingerprint density at radius 2 is 1.64 bits per heavy atom. The molecule has 1 N–H and O–H groups in total. The zero-order chi connectivity index (χ0) is 19.9. The van der Waals surface area contributed by atoms with Gasteiger partial charge in [0.05, 0.1) is 16.8 Å². The summed E-state index contributed by atoms with van der Waals surface area (Å²) in [5.74, 6) is -0.440. The number of hydrogen-bond acceptors (Lipinski definition) is 4. The van der Waals surface area contributed by atoms with Gasteiger partial charge in [-0.15, -0.1) is 0 Å². The van der Waals surface area contributed by atoms with Crippen LogP contribution >= 0.6 is 11.6 Å². The maximum atomic E-state index is 12.1. The minimum Gasteiger partial charge on any atom is -0.423 e. The molecule has 1 amide bonds. The van der Waals surface area contributed by atoms with Crippen molar-refractivity contribution in [3.63, 3.8) is 0 Å². The van der Waals surface area contributed by atoms with Gasteiger partial charge in [-0.3, -0.25) is 4.79 Å². The maximum absolute atomic E-state index is 12.1. The third kappa shape index (κ3) is 5.05. The molecule has 3 aromatic carbocycles. The summed E-state index contributed by atoms with van der Waals surface area (Å²) in [5, 5.41) is 4.27. The molecule has 0 spiro atoms. The molecule has 0 heterocycles. The van der Waals surface area contributed by atoms with Crippen molar-refractivity contribution >= 4 is 29.7 Å². The van der Waals surface area contributed by atoms with Crippen LogP contribution < -0.4 is 10.2 Å². The lowest BCUT2D eigenvalue weighted by molar-refractivity contribution is 0.0734. The van der Waals surface area contributed by atoms with Gasteiger partial charge in [0.1, 0.15) is 5.75 Å². The fourth-order valence-corrected chi connectivity index (χ4v) is 2.56. The Balaban J connectivity index is 1.57. The number of carbonyl (C=O) groups is 2. The first kappa shape index (κ1) is 19.3. The lowest BCUT2D eigenvalue weighted by Gasteiger charge is -2.06. The molecule has 0 atom stereocenters. The van der Waals surface area contributed by atoms with Crippen molar-refractivity contribution in [1.29, 1.82) is 0 Å².